The number of allylic oxidation sites excluding steroid dienone is 1. The van der Waals surface area contributed by atoms with Crippen LogP contribution in [-0.2, 0) is 24.5 Å². The van der Waals surface area contributed by atoms with Gasteiger partial charge >= 0.3 is 6.09 Å². The first-order valence-electron chi connectivity index (χ1n) is 14.3. The number of rotatable bonds is 10. The maximum atomic E-state index is 14.2. The molecule has 0 spiro atoms. The molecule has 0 aromatic heterocycles. The lowest BCUT2D eigenvalue weighted by atomic mass is 9.76. The summed E-state index contributed by atoms with van der Waals surface area (Å²) in [7, 11) is 3.24. The summed E-state index contributed by atoms with van der Waals surface area (Å²) in [6.45, 7) is 22.0. The molecule has 230 valence electrons. The molecule has 0 aliphatic heterocycles. The van der Waals surface area contributed by atoms with Crippen molar-refractivity contribution >= 4 is 23.7 Å². The summed E-state index contributed by atoms with van der Waals surface area (Å²) < 4.78 is 5.63. The number of amides is 3. The maximum absolute atomic E-state index is 14.2. The normalized spacial score (nSPS) is 15.0. The highest BCUT2D eigenvalue weighted by molar-refractivity contribution is 5.94. The zero-order valence-corrected chi connectivity index (χ0v) is 27.7. The molecule has 0 heterocycles. The van der Waals surface area contributed by atoms with Crippen molar-refractivity contribution in [1.82, 2.24) is 15.1 Å². The number of ether oxygens (including phenoxy) is 1. The van der Waals surface area contributed by atoms with Crippen LogP contribution in [0.15, 0.2) is 42.0 Å². The number of hydrogen-bond acceptors (Lipinski definition) is 5. The van der Waals surface area contributed by atoms with Gasteiger partial charge in [0.2, 0.25) is 11.8 Å². The number of carbonyl (C=O) groups is 4. The monoisotopic (exact) mass is 571 g/mol. The van der Waals surface area contributed by atoms with E-state index in [2.05, 4.69) is 5.32 Å². The molecule has 0 aliphatic carbocycles. The molecule has 1 unspecified atom stereocenters. The average molecular weight is 572 g/mol. The van der Waals surface area contributed by atoms with Gasteiger partial charge in [0, 0.05) is 19.5 Å². The molecule has 41 heavy (non-hydrogen) atoms. The predicted molar refractivity (Wildman–Crippen MR) is 164 cm³/mol. The zero-order chi connectivity index (χ0) is 32.1. The summed E-state index contributed by atoms with van der Waals surface area (Å²) >= 11 is 0. The minimum atomic E-state index is -0.997. The van der Waals surface area contributed by atoms with Gasteiger partial charge in [-0.2, -0.15) is 0 Å². The van der Waals surface area contributed by atoms with Crippen LogP contribution in [0.4, 0.5) is 4.79 Å². The minimum Gasteiger partial charge on any atom is -0.444 e. The third-order valence-electron chi connectivity index (χ3n) is 7.37. The Bertz CT molecular complexity index is 1110. The molecule has 0 saturated heterocycles. The van der Waals surface area contributed by atoms with E-state index in [9.17, 15) is 19.2 Å². The molecule has 0 radical (unpaired) electrons. The van der Waals surface area contributed by atoms with Crippen molar-refractivity contribution < 1.29 is 23.9 Å². The fraction of sp³-hybridized carbons (Fsp3) is 0.636. The van der Waals surface area contributed by atoms with Crippen LogP contribution in [0.3, 0.4) is 0 Å². The van der Waals surface area contributed by atoms with E-state index in [1.165, 1.54) is 11.8 Å². The Kier molecular flexibility index (Phi) is 12.0. The van der Waals surface area contributed by atoms with Gasteiger partial charge in [-0.05, 0) is 57.1 Å². The molecular weight excluding hydrogens is 518 g/mol. The van der Waals surface area contributed by atoms with E-state index >= 15 is 0 Å². The second-order valence-electron chi connectivity index (χ2n) is 14.0. The number of ketones is 1. The predicted octanol–water partition coefficient (Wildman–Crippen LogP) is 5.75. The highest BCUT2D eigenvalue weighted by Crippen LogP contribution is 2.32. The molecule has 3 amide bonds. The lowest BCUT2D eigenvalue weighted by Crippen LogP contribution is -2.63. The average Bonchev–Trinajstić information content (AvgIpc) is 2.83. The summed E-state index contributed by atoms with van der Waals surface area (Å²) in [4.78, 5) is 56.4. The molecule has 8 nitrogen and oxygen atoms in total. The fourth-order valence-electron chi connectivity index (χ4n) is 4.80. The van der Waals surface area contributed by atoms with Crippen molar-refractivity contribution in [3.8, 4) is 0 Å². The van der Waals surface area contributed by atoms with Crippen LogP contribution in [0.2, 0.25) is 0 Å². The van der Waals surface area contributed by atoms with E-state index in [0.717, 1.165) is 5.56 Å². The first-order valence-corrected chi connectivity index (χ1v) is 14.3. The van der Waals surface area contributed by atoms with Gasteiger partial charge < -0.3 is 15.0 Å². The summed E-state index contributed by atoms with van der Waals surface area (Å²) in [6, 6.07) is 7.24. The van der Waals surface area contributed by atoms with Crippen molar-refractivity contribution in [3.63, 3.8) is 0 Å². The van der Waals surface area contributed by atoms with E-state index in [4.69, 9.17) is 4.74 Å². The Hall–Kier alpha value is -3.16. The summed E-state index contributed by atoms with van der Waals surface area (Å²) in [6.07, 6.45) is 1.17. The topological polar surface area (TPSA) is 96.0 Å². The highest BCUT2D eigenvalue weighted by Gasteiger charge is 2.45. The Morgan fingerprint density at radius 2 is 1.37 bits per heavy atom. The molecule has 0 fully saturated rings. The largest absolute Gasteiger partial charge is 0.444 e. The van der Waals surface area contributed by atoms with E-state index in [1.54, 1.807) is 46.7 Å². The number of carbonyl (C=O) groups excluding carboxylic acids is 4. The molecule has 1 aromatic rings. The summed E-state index contributed by atoms with van der Waals surface area (Å²) in [5, 5.41) is 3.01. The van der Waals surface area contributed by atoms with E-state index in [1.807, 2.05) is 84.9 Å². The van der Waals surface area contributed by atoms with Crippen molar-refractivity contribution in [3.05, 3.63) is 47.5 Å². The first-order chi connectivity index (χ1) is 18.5. The number of hydrogen-bond donors (Lipinski definition) is 1. The van der Waals surface area contributed by atoms with E-state index in [-0.39, 0.29) is 23.7 Å². The number of nitrogens with one attached hydrogen (secondary N) is 1. The molecular formula is C33H53N3O5. The first kappa shape index (κ1) is 35.9. The molecule has 3 atom stereocenters. The van der Waals surface area contributed by atoms with Gasteiger partial charge in [-0.25, -0.2) is 4.79 Å². The van der Waals surface area contributed by atoms with Crippen LogP contribution in [0.1, 0.15) is 88.6 Å². The lowest BCUT2D eigenvalue weighted by molar-refractivity contribution is -0.141. The maximum Gasteiger partial charge on any atom is 0.410 e. The van der Waals surface area contributed by atoms with Gasteiger partial charge in [0.25, 0.3) is 0 Å². The van der Waals surface area contributed by atoms with Crippen LogP contribution >= 0.6 is 0 Å². The smallest absolute Gasteiger partial charge is 0.410 e. The van der Waals surface area contributed by atoms with Gasteiger partial charge in [-0.15, -0.1) is 0 Å². The number of likely N-dealkylation sites (N-methyl/N-ethyl adjacent to an activating group) is 2. The molecule has 0 saturated carbocycles. The Balaban J connectivity index is 3.59. The highest BCUT2D eigenvalue weighted by atomic mass is 16.6. The van der Waals surface area contributed by atoms with Crippen molar-refractivity contribution in [2.45, 2.75) is 112 Å². The van der Waals surface area contributed by atoms with Gasteiger partial charge in [0.15, 0.2) is 5.78 Å². The Labute approximate surface area is 247 Å². The third-order valence-corrected chi connectivity index (χ3v) is 7.37. The van der Waals surface area contributed by atoms with E-state index < -0.39 is 40.5 Å². The SMILES string of the molecule is CC(=O)/C(C)=C/[C@H](C(C)C)N(C)C(=O)C(NC(=O)[C@@H](N(C)C(=O)OC(C)(C)C)C(C)(C)c1ccccc1)C(C)(C)C. The van der Waals surface area contributed by atoms with Crippen LogP contribution in [0.5, 0.6) is 0 Å². The second kappa shape index (κ2) is 13.7. The lowest BCUT2D eigenvalue weighted by Gasteiger charge is -2.42. The van der Waals surface area contributed by atoms with Gasteiger partial charge in [-0.1, -0.05) is 84.9 Å². The van der Waals surface area contributed by atoms with Crippen molar-refractivity contribution in [1.29, 1.82) is 0 Å². The standard InChI is InChI=1S/C33H53N3O5/c1-21(2)25(20-22(3)23(4)37)35(13)29(39)26(31(5,6)7)34-28(38)27(36(14)30(40)41-32(8,9)10)33(11,12)24-18-16-15-17-19-24/h15-21,25-27H,1-14H3,(H,34,38)/b22-20+/t25-,26?,27-/m1/s1. The van der Waals surface area contributed by atoms with Crippen LogP contribution in [0.25, 0.3) is 0 Å². The molecule has 1 aromatic carbocycles. The van der Waals surface area contributed by atoms with E-state index in [0.29, 0.717) is 5.57 Å². The molecule has 0 aliphatic rings. The van der Waals surface area contributed by atoms with Crippen molar-refractivity contribution in [2.75, 3.05) is 14.1 Å². The molecule has 0 bridgehead atoms. The Morgan fingerprint density at radius 3 is 1.78 bits per heavy atom. The number of benzene rings is 1. The number of nitrogens with zero attached hydrogens (tertiary/aromatic N) is 2. The summed E-state index contributed by atoms with van der Waals surface area (Å²) in [5.74, 6) is -0.787. The van der Waals surface area contributed by atoms with Crippen LogP contribution in [-0.4, -0.2) is 71.3 Å². The third kappa shape index (κ3) is 9.72. The second-order valence-corrected chi connectivity index (χ2v) is 14.0. The quantitative estimate of drug-likeness (QED) is 0.361. The number of Topliss-reactive ketones (excluding diaryl/α,β-unsaturated/α-hetero) is 1. The summed E-state index contributed by atoms with van der Waals surface area (Å²) in [5.41, 5.74) is -0.823. The van der Waals surface area contributed by atoms with Gasteiger partial charge in [0.05, 0.1) is 6.04 Å². The Morgan fingerprint density at radius 1 is 0.854 bits per heavy atom. The van der Waals surface area contributed by atoms with Crippen LogP contribution < -0.4 is 5.32 Å². The molecule has 1 rings (SSSR count). The van der Waals surface area contributed by atoms with Crippen molar-refractivity contribution in [2.24, 2.45) is 11.3 Å². The minimum absolute atomic E-state index is 0.0256. The fourth-order valence-corrected chi connectivity index (χ4v) is 4.80. The molecule has 1 N–H and O–H groups in total. The zero-order valence-electron chi connectivity index (χ0n) is 27.7. The van der Waals surface area contributed by atoms with Gasteiger partial charge in [0.1, 0.15) is 17.7 Å². The van der Waals surface area contributed by atoms with Gasteiger partial charge in [-0.3, -0.25) is 19.3 Å². The molecule has 8 heteroatoms. The van der Waals surface area contributed by atoms with Crippen LogP contribution in [0, 0.1) is 11.3 Å².